The van der Waals surface area contributed by atoms with Gasteiger partial charge in [-0.25, -0.2) is 4.98 Å². The molecule has 0 spiro atoms. The number of anilines is 1. The molecule has 1 heterocycles. The van der Waals surface area contributed by atoms with Crippen LogP contribution in [0.1, 0.15) is 45.7 Å². The highest BCUT2D eigenvalue weighted by Crippen LogP contribution is 2.45. The van der Waals surface area contributed by atoms with Crippen molar-refractivity contribution in [1.82, 2.24) is 9.97 Å². The average molecular weight is 263 g/mol. The van der Waals surface area contributed by atoms with Gasteiger partial charge < -0.3 is 10.4 Å². The second-order valence-corrected chi connectivity index (χ2v) is 7.11. The Bertz CT molecular complexity index is 447. The number of aryl methyl sites for hydroxylation is 1. The maximum Gasteiger partial charge on any atom is 0.144 e. The predicted molar refractivity (Wildman–Crippen MR) is 77.0 cm³/mol. The Balaban J connectivity index is 2.01. The molecule has 4 nitrogen and oxygen atoms in total. The summed E-state index contributed by atoms with van der Waals surface area (Å²) in [4.78, 5) is 8.55. The van der Waals surface area contributed by atoms with E-state index in [9.17, 15) is 5.11 Å². The second-order valence-electron chi connectivity index (χ2n) is 7.11. The molecule has 0 amide bonds. The van der Waals surface area contributed by atoms with Gasteiger partial charge in [0.25, 0.3) is 0 Å². The molecule has 2 N–H and O–H groups in total. The maximum atomic E-state index is 10.1. The lowest BCUT2D eigenvalue weighted by atomic mass is 9.63. The highest BCUT2D eigenvalue weighted by atomic mass is 16.3. The third-order valence-electron chi connectivity index (χ3n) is 3.87. The number of aliphatic hydroxyl groups is 1. The molecular formula is C15H25N3O. The van der Waals surface area contributed by atoms with Gasteiger partial charge in [-0.05, 0) is 37.0 Å². The van der Waals surface area contributed by atoms with Crippen molar-refractivity contribution in [1.29, 1.82) is 0 Å². The molecule has 4 heteroatoms. The Morgan fingerprint density at radius 3 is 2.68 bits per heavy atom. The Labute approximate surface area is 115 Å². The Kier molecular flexibility index (Phi) is 3.81. The summed E-state index contributed by atoms with van der Waals surface area (Å²) >= 11 is 0. The lowest BCUT2D eigenvalue weighted by Crippen LogP contribution is -2.42. The van der Waals surface area contributed by atoms with Gasteiger partial charge in [0, 0.05) is 12.7 Å². The minimum atomic E-state index is -0.195. The zero-order valence-corrected chi connectivity index (χ0v) is 12.4. The number of nitrogens with zero attached hydrogens (tertiary/aromatic N) is 2. The van der Waals surface area contributed by atoms with Crippen LogP contribution in [0.2, 0.25) is 0 Å². The molecule has 2 unspecified atom stereocenters. The summed E-state index contributed by atoms with van der Waals surface area (Å²) in [6, 6.07) is 0. The first kappa shape index (κ1) is 14.3. The summed E-state index contributed by atoms with van der Waals surface area (Å²) in [7, 11) is 0. The van der Waals surface area contributed by atoms with Crippen LogP contribution in [-0.2, 0) is 0 Å². The number of hydrogen-bond acceptors (Lipinski definition) is 4. The SMILES string of the molecule is Cc1cncc(NCC2(C)CC(O)CC(C)(C)C2)n1. The summed E-state index contributed by atoms with van der Waals surface area (Å²) in [5.41, 5.74) is 1.22. The van der Waals surface area contributed by atoms with Crippen molar-refractivity contribution in [3.8, 4) is 0 Å². The van der Waals surface area contributed by atoms with E-state index >= 15 is 0 Å². The van der Waals surface area contributed by atoms with Gasteiger partial charge in [0.1, 0.15) is 5.82 Å². The molecule has 2 atom stereocenters. The first-order valence-electron chi connectivity index (χ1n) is 6.99. The number of aromatic nitrogens is 2. The number of hydrogen-bond donors (Lipinski definition) is 2. The fourth-order valence-corrected chi connectivity index (χ4v) is 3.57. The summed E-state index contributed by atoms with van der Waals surface area (Å²) in [5, 5.41) is 13.4. The molecule has 0 bridgehead atoms. The topological polar surface area (TPSA) is 58.0 Å². The third kappa shape index (κ3) is 3.90. The molecule has 1 aliphatic rings. The van der Waals surface area contributed by atoms with Gasteiger partial charge >= 0.3 is 0 Å². The first-order chi connectivity index (χ1) is 8.78. The molecule has 1 fully saturated rings. The summed E-state index contributed by atoms with van der Waals surface area (Å²) in [5.74, 6) is 0.819. The van der Waals surface area contributed by atoms with Crippen molar-refractivity contribution in [2.75, 3.05) is 11.9 Å². The third-order valence-corrected chi connectivity index (χ3v) is 3.87. The Hall–Kier alpha value is -1.16. The smallest absolute Gasteiger partial charge is 0.144 e. The zero-order valence-electron chi connectivity index (χ0n) is 12.4. The molecule has 1 aromatic heterocycles. The van der Waals surface area contributed by atoms with Crippen molar-refractivity contribution < 1.29 is 5.11 Å². The van der Waals surface area contributed by atoms with E-state index in [1.54, 1.807) is 12.4 Å². The van der Waals surface area contributed by atoms with Crippen molar-refractivity contribution >= 4 is 5.82 Å². The lowest BCUT2D eigenvalue weighted by molar-refractivity contribution is -0.00321. The Morgan fingerprint density at radius 1 is 1.32 bits per heavy atom. The van der Waals surface area contributed by atoms with Gasteiger partial charge in [0.15, 0.2) is 0 Å². The molecule has 0 radical (unpaired) electrons. The molecule has 0 aliphatic heterocycles. The van der Waals surface area contributed by atoms with E-state index in [1.165, 1.54) is 0 Å². The quantitative estimate of drug-likeness (QED) is 0.880. The number of rotatable bonds is 3. The van der Waals surface area contributed by atoms with Crippen molar-refractivity contribution in [2.24, 2.45) is 10.8 Å². The fourth-order valence-electron chi connectivity index (χ4n) is 3.57. The van der Waals surface area contributed by atoms with Crippen molar-refractivity contribution in [3.05, 3.63) is 18.1 Å². The van der Waals surface area contributed by atoms with E-state index in [1.807, 2.05) is 6.92 Å². The van der Waals surface area contributed by atoms with Crippen LogP contribution in [0.3, 0.4) is 0 Å². The number of aliphatic hydroxyl groups excluding tert-OH is 1. The molecular weight excluding hydrogens is 238 g/mol. The highest BCUT2D eigenvalue weighted by Gasteiger charge is 2.40. The largest absolute Gasteiger partial charge is 0.393 e. The van der Waals surface area contributed by atoms with Gasteiger partial charge in [-0.2, -0.15) is 0 Å². The molecule has 106 valence electrons. The van der Waals surface area contributed by atoms with E-state index in [0.29, 0.717) is 0 Å². The fraction of sp³-hybridized carbons (Fsp3) is 0.733. The molecule has 2 rings (SSSR count). The standard InChI is InChI=1S/C15H25N3O/c1-11-7-16-8-13(18-11)17-10-15(4)6-12(19)5-14(2,3)9-15/h7-8,12,19H,5-6,9-10H2,1-4H3,(H,17,18). The van der Waals surface area contributed by atoms with Crippen LogP contribution < -0.4 is 5.32 Å². The summed E-state index contributed by atoms with van der Waals surface area (Å²) in [6.07, 6.45) is 6.17. The lowest BCUT2D eigenvalue weighted by Gasteiger charge is -2.45. The van der Waals surface area contributed by atoms with Crippen LogP contribution in [0.15, 0.2) is 12.4 Å². The van der Waals surface area contributed by atoms with Crippen LogP contribution in [0.4, 0.5) is 5.82 Å². The normalized spacial score (nSPS) is 30.1. The molecule has 1 aromatic rings. The molecule has 0 saturated heterocycles. The first-order valence-corrected chi connectivity index (χ1v) is 6.99. The highest BCUT2D eigenvalue weighted by molar-refractivity contribution is 5.31. The van der Waals surface area contributed by atoms with E-state index in [0.717, 1.165) is 37.3 Å². The number of nitrogens with one attached hydrogen (secondary N) is 1. The van der Waals surface area contributed by atoms with Gasteiger partial charge in [-0.15, -0.1) is 0 Å². The van der Waals surface area contributed by atoms with E-state index in [2.05, 4.69) is 36.1 Å². The maximum absolute atomic E-state index is 10.1. The van der Waals surface area contributed by atoms with Gasteiger partial charge in [0.05, 0.1) is 18.0 Å². The van der Waals surface area contributed by atoms with E-state index in [-0.39, 0.29) is 16.9 Å². The van der Waals surface area contributed by atoms with E-state index < -0.39 is 0 Å². The van der Waals surface area contributed by atoms with Crippen LogP contribution in [-0.4, -0.2) is 27.7 Å². The van der Waals surface area contributed by atoms with Gasteiger partial charge in [0.2, 0.25) is 0 Å². The van der Waals surface area contributed by atoms with Crippen molar-refractivity contribution in [2.45, 2.75) is 53.1 Å². The van der Waals surface area contributed by atoms with Crippen LogP contribution in [0.25, 0.3) is 0 Å². The molecule has 1 aliphatic carbocycles. The van der Waals surface area contributed by atoms with Gasteiger partial charge in [-0.1, -0.05) is 20.8 Å². The summed E-state index contributed by atoms with van der Waals surface area (Å²) in [6.45, 7) is 9.48. The monoisotopic (exact) mass is 263 g/mol. The minimum Gasteiger partial charge on any atom is -0.393 e. The minimum absolute atomic E-state index is 0.104. The van der Waals surface area contributed by atoms with Crippen molar-refractivity contribution in [3.63, 3.8) is 0 Å². The molecule has 19 heavy (non-hydrogen) atoms. The summed E-state index contributed by atoms with van der Waals surface area (Å²) < 4.78 is 0. The predicted octanol–water partition coefficient (Wildman–Crippen LogP) is 2.77. The Morgan fingerprint density at radius 2 is 2.05 bits per heavy atom. The van der Waals surface area contributed by atoms with Crippen LogP contribution >= 0.6 is 0 Å². The average Bonchev–Trinajstić information content (AvgIpc) is 2.23. The molecule has 1 saturated carbocycles. The van der Waals surface area contributed by atoms with E-state index in [4.69, 9.17) is 0 Å². The zero-order chi connectivity index (χ0) is 14.1. The second kappa shape index (κ2) is 5.08. The van der Waals surface area contributed by atoms with Crippen LogP contribution in [0, 0.1) is 17.8 Å². The van der Waals surface area contributed by atoms with Crippen LogP contribution in [0.5, 0.6) is 0 Å². The molecule has 0 aromatic carbocycles. The van der Waals surface area contributed by atoms with Gasteiger partial charge in [-0.3, -0.25) is 4.98 Å².